The Morgan fingerprint density at radius 3 is 3.00 bits per heavy atom. The standard InChI is InChI=1S/C16H19N3O2/c1-10-11(2)21-14(19-10)9-18-16(20)15-13-6-4-3-5-12(13)7-8-17-15/h3-6,15,17H,7-9H2,1-2H3,(H,18,20). The van der Waals surface area contributed by atoms with Gasteiger partial charge in [-0.1, -0.05) is 24.3 Å². The van der Waals surface area contributed by atoms with Crippen molar-refractivity contribution in [3.05, 3.63) is 52.7 Å². The Hall–Kier alpha value is -2.14. The topological polar surface area (TPSA) is 67.2 Å². The zero-order valence-electron chi connectivity index (χ0n) is 12.3. The van der Waals surface area contributed by atoms with E-state index in [1.165, 1.54) is 5.56 Å². The first kappa shape index (κ1) is 13.8. The van der Waals surface area contributed by atoms with Gasteiger partial charge in [-0.2, -0.15) is 0 Å². The van der Waals surface area contributed by atoms with E-state index in [1.807, 2.05) is 32.0 Å². The van der Waals surface area contributed by atoms with E-state index in [0.717, 1.165) is 30.0 Å². The van der Waals surface area contributed by atoms with Crippen molar-refractivity contribution in [1.29, 1.82) is 0 Å². The van der Waals surface area contributed by atoms with Gasteiger partial charge in [-0.3, -0.25) is 4.79 Å². The van der Waals surface area contributed by atoms with E-state index in [4.69, 9.17) is 4.42 Å². The molecule has 0 aliphatic carbocycles. The molecule has 0 spiro atoms. The number of carbonyl (C=O) groups excluding carboxylic acids is 1. The third-order valence-electron chi connectivity index (χ3n) is 3.86. The highest BCUT2D eigenvalue weighted by Gasteiger charge is 2.25. The fourth-order valence-corrected chi connectivity index (χ4v) is 2.62. The molecule has 1 aromatic carbocycles. The van der Waals surface area contributed by atoms with E-state index in [2.05, 4.69) is 21.7 Å². The number of aryl methyl sites for hydroxylation is 2. The average Bonchev–Trinajstić information content (AvgIpc) is 2.83. The Kier molecular flexibility index (Phi) is 3.75. The number of amides is 1. The number of fused-ring (bicyclic) bond motifs is 1. The lowest BCUT2D eigenvalue weighted by Gasteiger charge is -2.25. The molecule has 2 aromatic rings. The van der Waals surface area contributed by atoms with Crippen LogP contribution in [0.4, 0.5) is 0 Å². The van der Waals surface area contributed by atoms with Crippen molar-refractivity contribution in [1.82, 2.24) is 15.6 Å². The molecular weight excluding hydrogens is 266 g/mol. The largest absolute Gasteiger partial charge is 0.444 e. The van der Waals surface area contributed by atoms with Crippen molar-refractivity contribution < 1.29 is 9.21 Å². The summed E-state index contributed by atoms with van der Waals surface area (Å²) in [7, 11) is 0. The number of nitrogens with one attached hydrogen (secondary N) is 2. The minimum atomic E-state index is -0.299. The summed E-state index contributed by atoms with van der Waals surface area (Å²) >= 11 is 0. The smallest absolute Gasteiger partial charge is 0.242 e. The van der Waals surface area contributed by atoms with Crippen LogP contribution in [-0.2, 0) is 17.8 Å². The van der Waals surface area contributed by atoms with E-state index < -0.39 is 0 Å². The molecule has 110 valence electrons. The number of benzene rings is 1. The van der Waals surface area contributed by atoms with E-state index in [1.54, 1.807) is 0 Å². The van der Waals surface area contributed by atoms with Crippen LogP contribution in [0.1, 0.15) is 34.5 Å². The summed E-state index contributed by atoms with van der Waals surface area (Å²) in [5, 5.41) is 6.16. The molecular formula is C16H19N3O2. The van der Waals surface area contributed by atoms with Gasteiger partial charge in [-0.15, -0.1) is 0 Å². The van der Waals surface area contributed by atoms with Gasteiger partial charge in [-0.05, 0) is 31.4 Å². The molecule has 1 aliphatic heterocycles. The number of aromatic nitrogens is 1. The molecule has 2 heterocycles. The second-order valence-corrected chi connectivity index (χ2v) is 5.30. The number of oxazole rings is 1. The minimum absolute atomic E-state index is 0.0457. The van der Waals surface area contributed by atoms with Crippen molar-refractivity contribution >= 4 is 5.91 Å². The van der Waals surface area contributed by atoms with Gasteiger partial charge in [0.15, 0.2) is 0 Å². The van der Waals surface area contributed by atoms with Crippen molar-refractivity contribution in [3.8, 4) is 0 Å². The second-order valence-electron chi connectivity index (χ2n) is 5.30. The molecule has 1 unspecified atom stereocenters. The molecule has 5 heteroatoms. The lowest BCUT2D eigenvalue weighted by molar-refractivity contribution is -0.123. The summed E-state index contributed by atoms with van der Waals surface area (Å²) in [6, 6.07) is 7.76. The first-order valence-corrected chi connectivity index (χ1v) is 7.17. The van der Waals surface area contributed by atoms with Crippen molar-refractivity contribution in [3.63, 3.8) is 0 Å². The molecule has 0 bridgehead atoms. The molecule has 1 aromatic heterocycles. The quantitative estimate of drug-likeness (QED) is 0.902. The van der Waals surface area contributed by atoms with E-state index in [-0.39, 0.29) is 11.9 Å². The fraction of sp³-hybridized carbons (Fsp3) is 0.375. The number of carbonyl (C=O) groups is 1. The molecule has 0 radical (unpaired) electrons. The monoisotopic (exact) mass is 285 g/mol. The molecule has 0 saturated heterocycles. The molecule has 1 amide bonds. The van der Waals surface area contributed by atoms with Crippen LogP contribution in [0.15, 0.2) is 28.7 Å². The van der Waals surface area contributed by atoms with Gasteiger partial charge in [0.05, 0.1) is 12.2 Å². The summed E-state index contributed by atoms with van der Waals surface area (Å²) in [6.45, 7) is 4.88. The van der Waals surface area contributed by atoms with E-state index in [0.29, 0.717) is 12.4 Å². The van der Waals surface area contributed by atoms with Crippen molar-refractivity contribution in [2.45, 2.75) is 32.9 Å². The maximum absolute atomic E-state index is 12.4. The summed E-state index contributed by atoms with van der Waals surface area (Å²) in [4.78, 5) is 16.7. The van der Waals surface area contributed by atoms with Crippen LogP contribution in [0.25, 0.3) is 0 Å². The molecule has 3 rings (SSSR count). The van der Waals surface area contributed by atoms with E-state index >= 15 is 0 Å². The van der Waals surface area contributed by atoms with Crippen LogP contribution >= 0.6 is 0 Å². The first-order valence-electron chi connectivity index (χ1n) is 7.17. The van der Waals surface area contributed by atoms with Crippen molar-refractivity contribution in [2.75, 3.05) is 6.54 Å². The number of hydrogen-bond acceptors (Lipinski definition) is 4. The Morgan fingerprint density at radius 2 is 2.24 bits per heavy atom. The maximum Gasteiger partial charge on any atom is 0.242 e. The lowest BCUT2D eigenvalue weighted by atomic mass is 9.94. The molecule has 0 saturated carbocycles. The van der Waals surface area contributed by atoms with Gasteiger partial charge >= 0.3 is 0 Å². The lowest BCUT2D eigenvalue weighted by Crippen LogP contribution is -2.41. The first-order chi connectivity index (χ1) is 10.1. The third kappa shape index (κ3) is 2.83. The Balaban J connectivity index is 1.69. The molecule has 21 heavy (non-hydrogen) atoms. The number of rotatable bonds is 3. The minimum Gasteiger partial charge on any atom is -0.444 e. The molecule has 2 N–H and O–H groups in total. The van der Waals surface area contributed by atoms with Gasteiger partial charge in [-0.25, -0.2) is 4.98 Å². The van der Waals surface area contributed by atoms with Crippen molar-refractivity contribution in [2.24, 2.45) is 0 Å². The van der Waals surface area contributed by atoms with Crippen LogP contribution in [-0.4, -0.2) is 17.4 Å². The van der Waals surface area contributed by atoms with Crippen LogP contribution in [0.2, 0.25) is 0 Å². The Morgan fingerprint density at radius 1 is 1.43 bits per heavy atom. The molecule has 5 nitrogen and oxygen atoms in total. The highest BCUT2D eigenvalue weighted by Crippen LogP contribution is 2.22. The zero-order chi connectivity index (χ0) is 14.8. The van der Waals surface area contributed by atoms with E-state index in [9.17, 15) is 4.79 Å². The Bertz CT molecular complexity index is 644. The summed E-state index contributed by atoms with van der Waals surface area (Å²) in [5.74, 6) is 1.29. The van der Waals surface area contributed by atoms with Gasteiger partial charge in [0.25, 0.3) is 0 Å². The fourth-order valence-electron chi connectivity index (χ4n) is 2.62. The van der Waals surface area contributed by atoms with Gasteiger partial charge in [0, 0.05) is 6.54 Å². The van der Waals surface area contributed by atoms with Crippen LogP contribution in [0.3, 0.4) is 0 Å². The number of hydrogen-bond donors (Lipinski definition) is 2. The van der Waals surface area contributed by atoms with Crippen LogP contribution in [0.5, 0.6) is 0 Å². The average molecular weight is 285 g/mol. The summed E-state index contributed by atoms with van der Waals surface area (Å²) < 4.78 is 5.48. The SMILES string of the molecule is Cc1nc(CNC(=O)C2NCCc3ccccc32)oc1C. The molecule has 1 atom stereocenters. The van der Waals surface area contributed by atoms with Gasteiger partial charge in [0.1, 0.15) is 11.8 Å². The predicted molar refractivity (Wildman–Crippen MR) is 78.7 cm³/mol. The van der Waals surface area contributed by atoms with Gasteiger partial charge in [0.2, 0.25) is 11.8 Å². The van der Waals surface area contributed by atoms with Crippen LogP contribution < -0.4 is 10.6 Å². The highest BCUT2D eigenvalue weighted by molar-refractivity contribution is 5.83. The zero-order valence-corrected chi connectivity index (χ0v) is 12.3. The normalized spacial score (nSPS) is 17.3. The molecule has 1 aliphatic rings. The predicted octanol–water partition coefficient (Wildman–Crippen LogP) is 1.79. The summed E-state index contributed by atoms with van der Waals surface area (Å²) in [5.41, 5.74) is 3.15. The van der Waals surface area contributed by atoms with Crippen LogP contribution in [0, 0.1) is 13.8 Å². The third-order valence-corrected chi connectivity index (χ3v) is 3.86. The van der Waals surface area contributed by atoms with Gasteiger partial charge < -0.3 is 15.1 Å². The number of nitrogens with zero attached hydrogens (tertiary/aromatic N) is 1. The maximum atomic E-state index is 12.4. The highest BCUT2D eigenvalue weighted by atomic mass is 16.4. The second kappa shape index (κ2) is 5.69. The Labute approximate surface area is 123 Å². The summed E-state index contributed by atoms with van der Waals surface area (Å²) in [6.07, 6.45) is 0.956. The molecule has 0 fully saturated rings.